The molecule has 0 unspecified atom stereocenters. The summed E-state index contributed by atoms with van der Waals surface area (Å²) in [5.74, 6) is 0. The van der Waals surface area contributed by atoms with E-state index >= 15 is 0 Å². The van der Waals surface area contributed by atoms with E-state index in [0.717, 1.165) is 18.8 Å². The average molecular weight is 315 g/mol. The number of aromatic nitrogens is 4. The van der Waals surface area contributed by atoms with Crippen molar-refractivity contribution in [3.8, 4) is 11.3 Å². The second kappa shape index (κ2) is 6.87. The monoisotopic (exact) mass is 315 g/mol. The summed E-state index contributed by atoms with van der Waals surface area (Å²) in [5, 5.41) is 4.66. The highest BCUT2D eigenvalue weighted by molar-refractivity contribution is 5.64. The Labute approximate surface area is 139 Å². The van der Waals surface area contributed by atoms with E-state index in [2.05, 4.69) is 51.9 Å². The molecule has 3 heterocycles. The fourth-order valence-corrected chi connectivity index (χ4v) is 3.81. The van der Waals surface area contributed by atoms with Gasteiger partial charge in [0, 0.05) is 30.4 Å². The minimum atomic E-state index is 0.546. The second-order valence-electron chi connectivity index (χ2n) is 6.74. The first kappa shape index (κ1) is 16.2. The molecule has 0 radical (unpaired) electrons. The van der Waals surface area contributed by atoms with E-state index in [1.165, 1.54) is 49.3 Å². The summed E-state index contributed by atoms with van der Waals surface area (Å²) >= 11 is 0. The third-order valence-corrected chi connectivity index (χ3v) is 5.12. The van der Waals surface area contributed by atoms with Crippen molar-refractivity contribution in [2.24, 2.45) is 0 Å². The molecular weight excluding hydrogens is 286 g/mol. The molecule has 126 valence electrons. The molecule has 0 saturated carbocycles. The van der Waals surface area contributed by atoms with Crippen molar-refractivity contribution >= 4 is 0 Å². The van der Waals surface area contributed by atoms with Crippen molar-refractivity contribution in [3.05, 3.63) is 23.9 Å². The van der Waals surface area contributed by atoms with Gasteiger partial charge in [-0.3, -0.25) is 9.58 Å². The van der Waals surface area contributed by atoms with Crippen LogP contribution in [-0.2, 0) is 13.1 Å². The highest BCUT2D eigenvalue weighted by atomic mass is 15.3. The maximum atomic E-state index is 4.66. The highest BCUT2D eigenvalue weighted by Crippen LogP contribution is 2.27. The number of piperidine rings is 1. The molecule has 0 amide bonds. The first-order valence-corrected chi connectivity index (χ1v) is 8.90. The van der Waals surface area contributed by atoms with E-state index in [4.69, 9.17) is 0 Å². The first-order chi connectivity index (χ1) is 11.1. The number of hydrogen-bond donors (Lipinski definition) is 0. The molecule has 1 aliphatic rings. The smallest absolute Gasteiger partial charge is 0.0951 e. The van der Waals surface area contributed by atoms with Crippen LogP contribution in [0, 0.1) is 13.8 Å². The predicted octanol–water partition coefficient (Wildman–Crippen LogP) is 3.26. The summed E-state index contributed by atoms with van der Waals surface area (Å²) in [5.41, 5.74) is 4.77. The van der Waals surface area contributed by atoms with E-state index in [-0.39, 0.29) is 0 Å². The fraction of sp³-hybridized carbons (Fsp3) is 0.667. The summed E-state index contributed by atoms with van der Waals surface area (Å²) < 4.78 is 4.38. The molecule has 0 aliphatic carbocycles. The minimum absolute atomic E-state index is 0.546. The molecule has 0 N–H and O–H groups in total. The standard InChI is InChI=1S/C18H29N5/c1-5-23-16(4)18(15(3)20-23)17-11-19-13-22(17)12-14(2)21-9-7-6-8-10-21/h11,13-14H,5-10,12H2,1-4H3/t14-/m0/s1. The van der Waals surface area contributed by atoms with Crippen molar-refractivity contribution in [2.75, 3.05) is 13.1 Å². The van der Waals surface area contributed by atoms with Crippen molar-refractivity contribution in [1.82, 2.24) is 24.2 Å². The highest BCUT2D eigenvalue weighted by Gasteiger charge is 2.20. The molecule has 2 aromatic heterocycles. The number of hydrogen-bond acceptors (Lipinski definition) is 3. The SMILES string of the molecule is CCn1nc(C)c(-c2cncn2C[C@H](C)N2CCCCC2)c1C. The van der Waals surface area contributed by atoms with Crippen molar-refractivity contribution in [1.29, 1.82) is 0 Å². The Hall–Kier alpha value is -1.62. The maximum absolute atomic E-state index is 4.66. The number of rotatable bonds is 5. The second-order valence-corrected chi connectivity index (χ2v) is 6.74. The number of likely N-dealkylation sites (tertiary alicyclic amines) is 1. The van der Waals surface area contributed by atoms with Crippen molar-refractivity contribution < 1.29 is 0 Å². The average Bonchev–Trinajstić information content (AvgIpc) is 3.12. The van der Waals surface area contributed by atoms with E-state index in [0.29, 0.717) is 6.04 Å². The number of aryl methyl sites for hydroxylation is 2. The normalized spacial score (nSPS) is 17.6. The van der Waals surface area contributed by atoms with Gasteiger partial charge in [0.1, 0.15) is 0 Å². The van der Waals surface area contributed by atoms with Gasteiger partial charge in [0.2, 0.25) is 0 Å². The molecule has 0 spiro atoms. The lowest BCUT2D eigenvalue weighted by Crippen LogP contribution is -2.39. The van der Waals surface area contributed by atoms with Crippen molar-refractivity contribution in [3.63, 3.8) is 0 Å². The van der Waals surface area contributed by atoms with Gasteiger partial charge >= 0.3 is 0 Å². The molecular formula is C18H29N5. The van der Waals surface area contributed by atoms with Gasteiger partial charge in [-0.15, -0.1) is 0 Å². The van der Waals surface area contributed by atoms with Gasteiger partial charge in [0.05, 0.1) is 23.9 Å². The van der Waals surface area contributed by atoms with Gasteiger partial charge in [-0.25, -0.2) is 4.98 Å². The lowest BCUT2D eigenvalue weighted by molar-refractivity contribution is 0.160. The topological polar surface area (TPSA) is 38.9 Å². The first-order valence-electron chi connectivity index (χ1n) is 8.90. The zero-order valence-electron chi connectivity index (χ0n) is 14.9. The van der Waals surface area contributed by atoms with Crippen LogP contribution in [0.15, 0.2) is 12.5 Å². The van der Waals surface area contributed by atoms with Crippen LogP contribution >= 0.6 is 0 Å². The van der Waals surface area contributed by atoms with Crippen LogP contribution in [0.3, 0.4) is 0 Å². The van der Waals surface area contributed by atoms with Gasteiger partial charge in [-0.05, 0) is 53.6 Å². The maximum Gasteiger partial charge on any atom is 0.0951 e. The van der Waals surface area contributed by atoms with E-state index in [1.807, 2.05) is 12.5 Å². The Morgan fingerprint density at radius 3 is 2.57 bits per heavy atom. The zero-order valence-corrected chi connectivity index (χ0v) is 14.9. The molecule has 23 heavy (non-hydrogen) atoms. The molecule has 5 nitrogen and oxygen atoms in total. The van der Waals surface area contributed by atoms with Crippen LogP contribution in [0.4, 0.5) is 0 Å². The van der Waals surface area contributed by atoms with Gasteiger partial charge in [0.25, 0.3) is 0 Å². The lowest BCUT2D eigenvalue weighted by atomic mass is 10.1. The molecule has 0 bridgehead atoms. The fourth-order valence-electron chi connectivity index (χ4n) is 3.81. The summed E-state index contributed by atoms with van der Waals surface area (Å²) in [7, 11) is 0. The quantitative estimate of drug-likeness (QED) is 0.850. The summed E-state index contributed by atoms with van der Waals surface area (Å²) in [6, 6.07) is 0.546. The van der Waals surface area contributed by atoms with E-state index < -0.39 is 0 Å². The van der Waals surface area contributed by atoms with Gasteiger partial charge in [-0.1, -0.05) is 6.42 Å². The molecule has 1 atom stereocenters. The Balaban J connectivity index is 1.84. The Kier molecular flexibility index (Phi) is 4.85. The molecule has 1 aliphatic heterocycles. The van der Waals surface area contributed by atoms with Crippen LogP contribution in [0.25, 0.3) is 11.3 Å². The van der Waals surface area contributed by atoms with Crippen LogP contribution in [-0.4, -0.2) is 43.4 Å². The molecule has 0 aromatic carbocycles. The summed E-state index contributed by atoms with van der Waals surface area (Å²) in [4.78, 5) is 7.03. The van der Waals surface area contributed by atoms with E-state index in [1.54, 1.807) is 0 Å². The van der Waals surface area contributed by atoms with Crippen molar-refractivity contribution in [2.45, 2.75) is 66.1 Å². The molecule has 1 fully saturated rings. The zero-order chi connectivity index (χ0) is 16.4. The minimum Gasteiger partial charge on any atom is -0.329 e. The van der Waals surface area contributed by atoms with Crippen LogP contribution in [0.5, 0.6) is 0 Å². The molecule has 5 heteroatoms. The molecule has 1 saturated heterocycles. The predicted molar refractivity (Wildman–Crippen MR) is 93.5 cm³/mol. The largest absolute Gasteiger partial charge is 0.329 e. The Bertz CT molecular complexity index is 648. The lowest BCUT2D eigenvalue weighted by Gasteiger charge is -2.32. The summed E-state index contributed by atoms with van der Waals surface area (Å²) in [6.07, 6.45) is 8.01. The summed E-state index contributed by atoms with van der Waals surface area (Å²) in [6.45, 7) is 13.1. The van der Waals surface area contributed by atoms with E-state index in [9.17, 15) is 0 Å². The van der Waals surface area contributed by atoms with Gasteiger partial charge in [-0.2, -0.15) is 5.10 Å². The Morgan fingerprint density at radius 2 is 1.91 bits per heavy atom. The van der Waals surface area contributed by atoms with Crippen LogP contribution in [0.2, 0.25) is 0 Å². The Morgan fingerprint density at radius 1 is 1.17 bits per heavy atom. The third kappa shape index (κ3) is 3.20. The number of nitrogens with zero attached hydrogens (tertiary/aromatic N) is 5. The number of imidazole rings is 1. The van der Waals surface area contributed by atoms with Crippen LogP contribution in [0.1, 0.15) is 44.5 Å². The molecule has 2 aromatic rings. The van der Waals surface area contributed by atoms with Gasteiger partial charge < -0.3 is 4.57 Å². The third-order valence-electron chi connectivity index (χ3n) is 5.12. The van der Waals surface area contributed by atoms with Gasteiger partial charge in [0.15, 0.2) is 0 Å². The van der Waals surface area contributed by atoms with Crippen LogP contribution < -0.4 is 0 Å². The molecule has 3 rings (SSSR count).